The van der Waals surface area contributed by atoms with E-state index in [1.807, 2.05) is 0 Å². The first-order valence-electron chi connectivity index (χ1n) is 6.43. The van der Waals surface area contributed by atoms with E-state index in [9.17, 15) is 12.8 Å². The molecule has 7 heteroatoms. The fourth-order valence-electron chi connectivity index (χ4n) is 2.50. The second kappa shape index (κ2) is 4.81. The number of aromatic nitrogens is 1. The van der Waals surface area contributed by atoms with E-state index < -0.39 is 20.9 Å². The molecule has 2 heterocycles. The molecule has 0 aromatic carbocycles. The number of nitrogens with one attached hydrogen (secondary N) is 1. The second-order valence-corrected chi connectivity index (χ2v) is 6.75. The number of nitrogens with zero attached hydrogens (tertiary/aromatic N) is 2. The SMILES string of the molecule is O=S(=O)(NC1CCN(C2CC2)C1)c1ncccc1F. The lowest BCUT2D eigenvalue weighted by molar-refractivity contribution is 0.322. The third-order valence-corrected chi connectivity index (χ3v) is 5.04. The van der Waals surface area contributed by atoms with Crippen molar-refractivity contribution >= 4 is 10.0 Å². The highest BCUT2D eigenvalue weighted by Gasteiger charge is 2.36. The average molecular weight is 285 g/mol. The Bertz CT molecular complexity index is 574. The fraction of sp³-hybridized carbons (Fsp3) is 0.583. The molecule has 1 saturated heterocycles. The maximum absolute atomic E-state index is 13.5. The van der Waals surface area contributed by atoms with E-state index >= 15 is 0 Å². The van der Waals surface area contributed by atoms with Crippen molar-refractivity contribution in [1.82, 2.24) is 14.6 Å². The summed E-state index contributed by atoms with van der Waals surface area (Å²) in [5.74, 6) is -0.813. The first-order valence-corrected chi connectivity index (χ1v) is 7.91. The zero-order chi connectivity index (χ0) is 13.5. The molecular formula is C12H16FN3O2S. The third kappa shape index (κ3) is 2.77. The van der Waals surface area contributed by atoms with Crippen molar-refractivity contribution in [3.8, 4) is 0 Å². The van der Waals surface area contributed by atoms with Gasteiger partial charge in [-0.2, -0.15) is 0 Å². The quantitative estimate of drug-likeness (QED) is 0.886. The number of rotatable bonds is 4. The molecule has 1 atom stereocenters. The zero-order valence-electron chi connectivity index (χ0n) is 10.4. The molecule has 1 unspecified atom stereocenters. The normalized spacial score (nSPS) is 24.8. The summed E-state index contributed by atoms with van der Waals surface area (Å²) in [6, 6.07) is 2.96. The van der Waals surface area contributed by atoms with Crippen LogP contribution >= 0.6 is 0 Å². The summed E-state index contributed by atoms with van der Waals surface area (Å²) < 4.78 is 40.2. The molecule has 2 aliphatic rings. The summed E-state index contributed by atoms with van der Waals surface area (Å²) >= 11 is 0. The van der Waals surface area contributed by atoms with Crippen LogP contribution in [-0.4, -0.2) is 43.5 Å². The molecule has 2 fully saturated rings. The molecular weight excluding hydrogens is 269 g/mol. The second-order valence-electron chi connectivity index (χ2n) is 5.12. The topological polar surface area (TPSA) is 62.3 Å². The van der Waals surface area contributed by atoms with Crippen LogP contribution in [0.2, 0.25) is 0 Å². The Balaban J connectivity index is 1.70. The molecule has 1 aromatic heterocycles. The lowest BCUT2D eigenvalue weighted by Gasteiger charge is -2.15. The Hall–Kier alpha value is -1.05. The van der Waals surface area contributed by atoms with Crippen LogP contribution in [0.3, 0.4) is 0 Å². The third-order valence-electron chi connectivity index (χ3n) is 3.58. The number of pyridine rings is 1. The minimum Gasteiger partial charge on any atom is -0.299 e. The van der Waals surface area contributed by atoms with Gasteiger partial charge < -0.3 is 0 Å². The van der Waals surface area contributed by atoms with Crippen molar-refractivity contribution in [2.45, 2.75) is 36.4 Å². The van der Waals surface area contributed by atoms with Crippen LogP contribution in [0.25, 0.3) is 0 Å². The Morgan fingerprint density at radius 1 is 1.37 bits per heavy atom. The molecule has 0 spiro atoms. The highest BCUT2D eigenvalue weighted by molar-refractivity contribution is 7.89. The molecule has 104 valence electrons. The molecule has 0 bridgehead atoms. The van der Waals surface area contributed by atoms with Gasteiger partial charge >= 0.3 is 0 Å². The molecule has 1 aromatic rings. The van der Waals surface area contributed by atoms with E-state index in [1.165, 1.54) is 25.1 Å². The van der Waals surface area contributed by atoms with Crippen LogP contribution in [-0.2, 0) is 10.0 Å². The minimum atomic E-state index is -3.87. The van der Waals surface area contributed by atoms with Crippen molar-refractivity contribution < 1.29 is 12.8 Å². The maximum Gasteiger partial charge on any atom is 0.261 e. The van der Waals surface area contributed by atoms with Crippen LogP contribution in [0.1, 0.15) is 19.3 Å². The lowest BCUT2D eigenvalue weighted by Crippen LogP contribution is -2.38. The standard InChI is InChI=1S/C12H16FN3O2S/c13-11-2-1-6-14-12(11)19(17,18)15-9-5-7-16(8-9)10-3-4-10/h1-2,6,9-10,15H,3-5,7-8H2. The van der Waals surface area contributed by atoms with Gasteiger partial charge in [-0.05, 0) is 31.4 Å². The van der Waals surface area contributed by atoms with Crippen molar-refractivity contribution in [2.75, 3.05) is 13.1 Å². The molecule has 1 aliphatic carbocycles. The molecule has 3 rings (SSSR count). The smallest absolute Gasteiger partial charge is 0.261 e. The minimum absolute atomic E-state index is 0.146. The van der Waals surface area contributed by atoms with Crippen LogP contribution in [0.5, 0.6) is 0 Å². The number of halogens is 1. The van der Waals surface area contributed by atoms with Crippen LogP contribution in [0.15, 0.2) is 23.4 Å². The molecule has 1 aliphatic heterocycles. The molecule has 1 saturated carbocycles. The Labute approximate surface area is 111 Å². The van der Waals surface area contributed by atoms with Crippen molar-refractivity contribution in [2.24, 2.45) is 0 Å². The Morgan fingerprint density at radius 3 is 2.84 bits per heavy atom. The average Bonchev–Trinajstić information content (AvgIpc) is 3.11. The molecule has 0 amide bonds. The highest BCUT2D eigenvalue weighted by Crippen LogP contribution is 2.30. The summed E-state index contributed by atoms with van der Waals surface area (Å²) in [7, 11) is -3.87. The molecule has 19 heavy (non-hydrogen) atoms. The van der Waals surface area contributed by atoms with Crippen LogP contribution in [0.4, 0.5) is 4.39 Å². The van der Waals surface area contributed by atoms with Gasteiger partial charge in [-0.1, -0.05) is 0 Å². The Morgan fingerprint density at radius 2 is 2.16 bits per heavy atom. The summed E-state index contributed by atoms with van der Waals surface area (Å²) in [6.07, 6.45) is 4.45. The number of hydrogen-bond acceptors (Lipinski definition) is 4. The van der Waals surface area contributed by atoms with Gasteiger partial charge in [0.05, 0.1) is 0 Å². The summed E-state index contributed by atoms with van der Waals surface area (Å²) in [5.41, 5.74) is 0. The molecule has 1 N–H and O–H groups in total. The largest absolute Gasteiger partial charge is 0.299 e. The van der Waals surface area contributed by atoms with Gasteiger partial charge in [0.25, 0.3) is 10.0 Å². The van der Waals surface area contributed by atoms with E-state index in [1.54, 1.807) is 0 Å². The summed E-state index contributed by atoms with van der Waals surface area (Å²) in [6.45, 7) is 1.61. The van der Waals surface area contributed by atoms with E-state index in [-0.39, 0.29) is 6.04 Å². The van der Waals surface area contributed by atoms with Crippen molar-refractivity contribution in [1.29, 1.82) is 0 Å². The van der Waals surface area contributed by atoms with Gasteiger partial charge in [0.15, 0.2) is 5.82 Å². The van der Waals surface area contributed by atoms with E-state index in [2.05, 4.69) is 14.6 Å². The van der Waals surface area contributed by atoms with E-state index in [0.29, 0.717) is 12.6 Å². The maximum atomic E-state index is 13.5. The monoisotopic (exact) mass is 285 g/mol. The van der Waals surface area contributed by atoms with Gasteiger partial charge in [0.1, 0.15) is 0 Å². The van der Waals surface area contributed by atoms with Crippen molar-refractivity contribution in [3.63, 3.8) is 0 Å². The summed E-state index contributed by atoms with van der Waals surface area (Å²) in [4.78, 5) is 5.91. The number of sulfonamides is 1. The van der Waals surface area contributed by atoms with Crippen molar-refractivity contribution in [3.05, 3.63) is 24.1 Å². The summed E-state index contributed by atoms with van der Waals surface area (Å²) in [5, 5.41) is -0.514. The fourth-order valence-corrected chi connectivity index (χ4v) is 3.77. The van der Waals surface area contributed by atoms with E-state index in [0.717, 1.165) is 19.0 Å². The Kier molecular flexibility index (Phi) is 3.28. The highest BCUT2D eigenvalue weighted by atomic mass is 32.2. The van der Waals surface area contributed by atoms with E-state index in [4.69, 9.17) is 0 Å². The van der Waals surface area contributed by atoms with Gasteiger partial charge in [-0.15, -0.1) is 0 Å². The number of hydrogen-bond donors (Lipinski definition) is 1. The van der Waals surface area contributed by atoms with Crippen LogP contribution in [0, 0.1) is 5.82 Å². The van der Waals surface area contributed by atoms with Gasteiger partial charge in [0.2, 0.25) is 5.03 Å². The zero-order valence-corrected chi connectivity index (χ0v) is 11.2. The molecule has 0 radical (unpaired) electrons. The van der Waals surface area contributed by atoms with Gasteiger partial charge in [-0.3, -0.25) is 4.90 Å². The van der Waals surface area contributed by atoms with Gasteiger partial charge in [-0.25, -0.2) is 22.5 Å². The lowest BCUT2D eigenvalue weighted by atomic mass is 10.3. The first kappa shape index (κ1) is 13.0. The van der Waals surface area contributed by atoms with Gasteiger partial charge in [0, 0.05) is 31.4 Å². The predicted octanol–water partition coefficient (Wildman–Crippen LogP) is 0.736. The molecule has 5 nitrogen and oxygen atoms in total. The van der Waals surface area contributed by atoms with Crippen LogP contribution < -0.4 is 4.72 Å². The predicted molar refractivity (Wildman–Crippen MR) is 67.5 cm³/mol. The number of likely N-dealkylation sites (tertiary alicyclic amines) is 1. The first-order chi connectivity index (χ1) is 9.06.